The van der Waals surface area contributed by atoms with Gasteiger partial charge in [0.25, 0.3) is 0 Å². The van der Waals surface area contributed by atoms with E-state index in [9.17, 15) is 0 Å². The van der Waals surface area contributed by atoms with Gasteiger partial charge in [0.15, 0.2) is 0 Å². The van der Waals surface area contributed by atoms with Crippen LogP contribution in [0.5, 0.6) is 0 Å². The second kappa shape index (κ2) is 9.27. The molecule has 27 heavy (non-hydrogen) atoms. The topological polar surface area (TPSA) is 24.1 Å². The maximum absolute atomic E-state index is 4.00. The first-order chi connectivity index (χ1) is 12.9. The summed E-state index contributed by atoms with van der Waals surface area (Å²) in [5, 5.41) is 7.61. The molecule has 2 bridgehead atoms. The predicted molar refractivity (Wildman–Crippen MR) is 118 cm³/mol. The van der Waals surface area contributed by atoms with Gasteiger partial charge in [0.05, 0.1) is 0 Å². The molecule has 7 unspecified atom stereocenters. The van der Waals surface area contributed by atoms with Crippen LogP contribution in [0, 0.1) is 41.4 Å². The molecular weight excluding hydrogens is 328 g/mol. The normalized spacial score (nSPS) is 40.4. The minimum atomic E-state index is 0.788. The number of fused-ring (bicyclic) bond motifs is 5. The van der Waals surface area contributed by atoms with Gasteiger partial charge >= 0.3 is 0 Å². The van der Waals surface area contributed by atoms with E-state index in [1.54, 1.807) is 0 Å². The zero-order chi connectivity index (χ0) is 19.6. The molecular formula is C25H44N2. The first-order valence-electron chi connectivity index (χ1n) is 11.6. The van der Waals surface area contributed by atoms with Gasteiger partial charge in [-0.15, -0.1) is 0 Å². The molecule has 0 aliphatic heterocycles. The summed E-state index contributed by atoms with van der Waals surface area (Å²) in [6, 6.07) is 0.788. The highest BCUT2D eigenvalue weighted by molar-refractivity contribution is 5.13. The molecule has 3 rings (SSSR count). The quantitative estimate of drug-likeness (QED) is 0.417. The molecule has 0 saturated heterocycles. The SMILES string of the molecule is CC(C)=CCC/C(C)=C/CNCCN[C@H]1C2C(C)C(C)C1C1C(C)CCC12. The van der Waals surface area contributed by atoms with Crippen molar-refractivity contribution in [2.45, 2.75) is 73.3 Å². The summed E-state index contributed by atoms with van der Waals surface area (Å²) in [6.45, 7) is 17.4. The van der Waals surface area contributed by atoms with Gasteiger partial charge in [0.1, 0.15) is 0 Å². The van der Waals surface area contributed by atoms with Crippen LogP contribution in [0.3, 0.4) is 0 Å². The van der Waals surface area contributed by atoms with Gasteiger partial charge in [-0.2, -0.15) is 0 Å². The average Bonchev–Trinajstić information content (AvgIpc) is 3.21. The van der Waals surface area contributed by atoms with E-state index in [2.05, 4.69) is 64.3 Å². The molecule has 3 saturated carbocycles. The van der Waals surface area contributed by atoms with Crippen LogP contribution in [0.15, 0.2) is 23.3 Å². The Balaban J connectivity index is 1.38. The minimum absolute atomic E-state index is 0.788. The van der Waals surface area contributed by atoms with Crippen LogP contribution in [-0.2, 0) is 0 Å². The van der Waals surface area contributed by atoms with Crippen molar-refractivity contribution in [1.29, 1.82) is 0 Å². The summed E-state index contributed by atoms with van der Waals surface area (Å²) < 4.78 is 0. The van der Waals surface area contributed by atoms with E-state index in [1.165, 1.54) is 36.8 Å². The van der Waals surface area contributed by atoms with E-state index in [1.807, 2.05) is 0 Å². The summed E-state index contributed by atoms with van der Waals surface area (Å²) in [5.74, 6) is 6.70. The summed E-state index contributed by atoms with van der Waals surface area (Å²) in [7, 11) is 0. The van der Waals surface area contributed by atoms with E-state index in [0.29, 0.717) is 0 Å². The second-order valence-corrected chi connectivity index (χ2v) is 10.2. The van der Waals surface area contributed by atoms with Gasteiger partial charge in [-0.25, -0.2) is 0 Å². The molecule has 2 N–H and O–H groups in total. The van der Waals surface area contributed by atoms with Crippen molar-refractivity contribution in [3.05, 3.63) is 23.3 Å². The van der Waals surface area contributed by atoms with Crippen LogP contribution in [0.2, 0.25) is 0 Å². The first kappa shape index (κ1) is 21.1. The molecule has 0 aromatic carbocycles. The van der Waals surface area contributed by atoms with Crippen LogP contribution in [0.1, 0.15) is 67.2 Å². The molecule has 3 aliphatic carbocycles. The van der Waals surface area contributed by atoms with Gasteiger partial charge in [0.2, 0.25) is 0 Å². The zero-order valence-corrected chi connectivity index (χ0v) is 18.7. The monoisotopic (exact) mass is 372 g/mol. The highest BCUT2D eigenvalue weighted by atomic mass is 15.0. The summed E-state index contributed by atoms with van der Waals surface area (Å²) in [6.07, 6.45) is 10.0. The molecule has 2 nitrogen and oxygen atoms in total. The van der Waals surface area contributed by atoms with Crippen LogP contribution in [0.4, 0.5) is 0 Å². The molecule has 3 fully saturated rings. The molecule has 0 spiro atoms. The molecule has 0 aromatic rings. The van der Waals surface area contributed by atoms with Crippen molar-refractivity contribution < 1.29 is 0 Å². The van der Waals surface area contributed by atoms with Crippen molar-refractivity contribution in [3.63, 3.8) is 0 Å². The number of hydrogen-bond donors (Lipinski definition) is 2. The summed E-state index contributed by atoms with van der Waals surface area (Å²) >= 11 is 0. The fourth-order valence-corrected chi connectivity index (χ4v) is 6.87. The van der Waals surface area contributed by atoms with Gasteiger partial charge < -0.3 is 10.6 Å². The molecule has 3 aliphatic rings. The number of hydrogen-bond acceptors (Lipinski definition) is 2. The molecule has 0 radical (unpaired) electrons. The molecule has 0 heterocycles. The molecule has 8 atom stereocenters. The smallest absolute Gasteiger partial charge is 0.0137 e. The van der Waals surface area contributed by atoms with Gasteiger partial charge in [-0.05, 0) is 81.5 Å². The fourth-order valence-electron chi connectivity index (χ4n) is 6.87. The van der Waals surface area contributed by atoms with E-state index in [0.717, 1.165) is 67.1 Å². The van der Waals surface area contributed by atoms with Gasteiger partial charge in [0, 0.05) is 25.7 Å². The maximum atomic E-state index is 4.00. The fraction of sp³-hybridized carbons (Fsp3) is 0.840. The zero-order valence-electron chi connectivity index (χ0n) is 18.7. The van der Waals surface area contributed by atoms with E-state index in [-0.39, 0.29) is 0 Å². The first-order valence-corrected chi connectivity index (χ1v) is 11.6. The lowest BCUT2D eigenvalue weighted by Crippen LogP contribution is -2.40. The Kier molecular flexibility index (Phi) is 7.25. The Morgan fingerprint density at radius 2 is 1.63 bits per heavy atom. The van der Waals surface area contributed by atoms with Crippen LogP contribution in [-0.4, -0.2) is 25.7 Å². The number of rotatable bonds is 9. The third-order valence-electron chi connectivity index (χ3n) is 8.29. The van der Waals surface area contributed by atoms with Crippen molar-refractivity contribution in [2.24, 2.45) is 41.4 Å². The lowest BCUT2D eigenvalue weighted by molar-refractivity contribution is 0.119. The maximum Gasteiger partial charge on any atom is 0.0137 e. The Labute approximate surface area is 168 Å². The number of allylic oxidation sites excluding steroid dienone is 3. The molecule has 0 aromatic heterocycles. The van der Waals surface area contributed by atoms with Gasteiger partial charge in [-0.3, -0.25) is 0 Å². The minimum Gasteiger partial charge on any atom is -0.312 e. The Morgan fingerprint density at radius 1 is 0.889 bits per heavy atom. The average molecular weight is 373 g/mol. The second-order valence-electron chi connectivity index (χ2n) is 10.2. The lowest BCUT2D eigenvalue weighted by Gasteiger charge is -2.35. The largest absolute Gasteiger partial charge is 0.312 e. The van der Waals surface area contributed by atoms with E-state index < -0.39 is 0 Å². The standard InChI is InChI=1S/C25H44N2/c1-16(2)8-7-9-17(3)12-13-26-14-15-27-25-23-19(5)20(6)24(25)22-18(4)10-11-21(22)23/h8,12,18-27H,7,9-11,13-15H2,1-6H3/b17-12+/t18?,19?,20?,21?,22?,23?,24?,25-/m0/s1. The van der Waals surface area contributed by atoms with Crippen molar-refractivity contribution in [3.8, 4) is 0 Å². The summed E-state index contributed by atoms with van der Waals surface area (Å²) in [4.78, 5) is 0. The van der Waals surface area contributed by atoms with E-state index in [4.69, 9.17) is 0 Å². The van der Waals surface area contributed by atoms with Crippen LogP contribution in [0.25, 0.3) is 0 Å². The Hall–Kier alpha value is -0.600. The number of nitrogens with one attached hydrogen (secondary N) is 2. The van der Waals surface area contributed by atoms with Crippen LogP contribution < -0.4 is 10.6 Å². The molecule has 2 heteroatoms. The molecule has 0 amide bonds. The Morgan fingerprint density at radius 3 is 2.37 bits per heavy atom. The lowest BCUT2D eigenvalue weighted by atomic mass is 9.69. The third kappa shape index (κ3) is 4.53. The molecule has 154 valence electrons. The van der Waals surface area contributed by atoms with E-state index >= 15 is 0 Å². The van der Waals surface area contributed by atoms with Crippen molar-refractivity contribution in [2.75, 3.05) is 19.6 Å². The van der Waals surface area contributed by atoms with Gasteiger partial charge in [-0.1, -0.05) is 50.5 Å². The highest BCUT2D eigenvalue weighted by Gasteiger charge is 2.62. The van der Waals surface area contributed by atoms with Crippen LogP contribution >= 0.6 is 0 Å². The highest BCUT2D eigenvalue weighted by Crippen LogP contribution is 2.64. The van der Waals surface area contributed by atoms with Crippen molar-refractivity contribution >= 4 is 0 Å². The third-order valence-corrected chi connectivity index (χ3v) is 8.29. The van der Waals surface area contributed by atoms with Crippen molar-refractivity contribution in [1.82, 2.24) is 10.6 Å². The Bertz CT molecular complexity index is 545. The predicted octanol–water partition coefficient (Wildman–Crippen LogP) is 5.42. The summed E-state index contributed by atoms with van der Waals surface area (Å²) in [5.41, 5.74) is 2.93.